The van der Waals surface area contributed by atoms with E-state index >= 15 is 0 Å². The van der Waals surface area contributed by atoms with E-state index in [0.717, 1.165) is 14.4 Å². The molecule has 3 rings (SSSR count). The van der Waals surface area contributed by atoms with Gasteiger partial charge in [-0.25, -0.2) is 4.98 Å². The Morgan fingerprint density at radius 1 is 1.30 bits per heavy atom. The first-order valence-electron chi connectivity index (χ1n) is 5.76. The Hall–Kier alpha value is -1.99. The van der Waals surface area contributed by atoms with Gasteiger partial charge in [0.05, 0.1) is 14.4 Å². The molecule has 0 radical (unpaired) electrons. The van der Waals surface area contributed by atoms with E-state index in [-0.39, 0.29) is 5.91 Å². The Balaban J connectivity index is 1.78. The Bertz CT molecular complexity index is 738. The largest absolute Gasteiger partial charge is 0.305 e. The predicted molar refractivity (Wildman–Crippen MR) is 81.8 cm³/mol. The van der Waals surface area contributed by atoms with Crippen LogP contribution in [0.1, 0.15) is 10.5 Å². The number of aromatic amines is 1. The van der Waals surface area contributed by atoms with E-state index in [9.17, 15) is 4.79 Å². The third-order valence-corrected chi connectivity index (χ3v) is 4.21. The maximum atomic E-state index is 12.0. The summed E-state index contributed by atoms with van der Waals surface area (Å²) < 4.78 is 1.03. The molecule has 3 aromatic heterocycles. The second kappa shape index (κ2) is 5.56. The van der Waals surface area contributed by atoms with Crippen LogP contribution in [0.15, 0.2) is 46.4 Å². The number of anilines is 1. The predicted octanol–water partition coefficient (Wildman–Crippen LogP) is 3.55. The lowest BCUT2D eigenvalue weighted by Gasteiger charge is -2.00. The van der Waals surface area contributed by atoms with Crippen molar-refractivity contribution >= 4 is 39.0 Å². The summed E-state index contributed by atoms with van der Waals surface area (Å²) in [5.41, 5.74) is 1.14. The quantitative estimate of drug-likeness (QED) is 0.760. The van der Waals surface area contributed by atoms with Crippen LogP contribution in [-0.4, -0.2) is 21.1 Å². The molecule has 100 valence electrons. The van der Waals surface area contributed by atoms with Crippen molar-refractivity contribution < 1.29 is 4.79 Å². The van der Waals surface area contributed by atoms with Gasteiger partial charge in [0, 0.05) is 6.20 Å². The van der Waals surface area contributed by atoms with Crippen LogP contribution in [0.3, 0.4) is 0 Å². The molecule has 0 aliphatic carbocycles. The highest BCUT2D eigenvalue weighted by atomic mass is 79.9. The minimum absolute atomic E-state index is 0.290. The zero-order valence-electron chi connectivity index (χ0n) is 10.1. The summed E-state index contributed by atoms with van der Waals surface area (Å²) in [7, 11) is 0. The van der Waals surface area contributed by atoms with Gasteiger partial charge < -0.3 is 5.32 Å². The van der Waals surface area contributed by atoms with Gasteiger partial charge in [-0.05, 0) is 46.3 Å². The highest BCUT2D eigenvalue weighted by Crippen LogP contribution is 2.30. The number of aromatic nitrogens is 3. The summed E-state index contributed by atoms with van der Waals surface area (Å²) in [5, 5.41) is 9.57. The van der Waals surface area contributed by atoms with Crippen LogP contribution in [-0.2, 0) is 0 Å². The number of nitrogens with one attached hydrogen (secondary N) is 2. The van der Waals surface area contributed by atoms with Crippen LogP contribution in [0.2, 0.25) is 0 Å². The molecule has 0 bridgehead atoms. The summed E-state index contributed by atoms with van der Waals surface area (Å²) in [6.45, 7) is 0. The maximum Gasteiger partial charge on any atom is 0.277 e. The van der Waals surface area contributed by atoms with E-state index in [1.807, 2.05) is 18.2 Å². The topological polar surface area (TPSA) is 70.7 Å². The molecule has 0 aliphatic heterocycles. The maximum absolute atomic E-state index is 12.0. The first-order chi connectivity index (χ1) is 9.72. The van der Waals surface area contributed by atoms with Crippen LogP contribution in [0.5, 0.6) is 0 Å². The second-order valence-electron chi connectivity index (χ2n) is 3.94. The first-order valence-corrected chi connectivity index (χ1v) is 7.37. The molecule has 0 spiro atoms. The van der Waals surface area contributed by atoms with Crippen molar-refractivity contribution in [3.63, 3.8) is 0 Å². The normalized spacial score (nSPS) is 10.4. The highest BCUT2D eigenvalue weighted by molar-refractivity contribution is 9.11. The third-order valence-electron chi connectivity index (χ3n) is 2.56. The molecular weight excluding hydrogens is 340 g/mol. The minimum atomic E-state index is -0.290. The lowest BCUT2D eigenvalue weighted by molar-refractivity contribution is 0.102. The van der Waals surface area contributed by atoms with Gasteiger partial charge in [-0.3, -0.25) is 9.89 Å². The summed E-state index contributed by atoms with van der Waals surface area (Å²) in [6, 6.07) is 11.0. The summed E-state index contributed by atoms with van der Waals surface area (Å²) in [6.07, 6.45) is 1.62. The van der Waals surface area contributed by atoms with E-state index in [4.69, 9.17) is 0 Å². The van der Waals surface area contributed by atoms with Crippen LogP contribution < -0.4 is 5.32 Å². The SMILES string of the molecule is O=C(Nc1ccccn1)c1cc(-c2ccc(Br)s2)[nH]n1. The van der Waals surface area contributed by atoms with Gasteiger partial charge in [0.1, 0.15) is 5.82 Å². The summed E-state index contributed by atoms with van der Waals surface area (Å²) in [5.74, 6) is 0.211. The molecule has 0 fully saturated rings. The van der Waals surface area contributed by atoms with E-state index in [2.05, 4.69) is 36.4 Å². The van der Waals surface area contributed by atoms with E-state index in [1.165, 1.54) is 0 Å². The van der Waals surface area contributed by atoms with E-state index < -0.39 is 0 Å². The summed E-state index contributed by atoms with van der Waals surface area (Å²) in [4.78, 5) is 17.1. The number of pyridine rings is 1. The van der Waals surface area contributed by atoms with Gasteiger partial charge in [-0.2, -0.15) is 5.10 Å². The number of H-pyrrole nitrogens is 1. The molecule has 7 heteroatoms. The molecule has 0 unspecified atom stereocenters. The minimum Gasteiger partial charge on any atom is -0.305 e. The zero-order chi connectivity index (χ0) is 13.9. The molecular formula is C13H9BrN4OS. The zero-order valence-corrected chi connectivity index (χ0v) is 12.5. The lowest BCUT2D eigenvalue weighted by atomic mass is 10.3. The van der Waals surface area contributed by atoms with Crippen molar-refractivity contribution in [2.75, 3.05) is 5.32 Å². The molecule has 3 heterocycles. The Morgan fingerprint density at radius 3 is 2.90 bits per heavy atom. The van der Waals surface area contributed by atoms with Gasteiger partial charge in [0.15, 0.2) is 5.69 Å². The number of nitrogens with zero attached hydrogens (tertiary/aromatic N) is 2. The van der Waals surface area contributed by atoms with Crippen molar-refractivity contribution in [1.29, 1.82) is 0 Å². The molecule has 0 aromatic carbocycles. The number of carbonyl (C=O) groups excluding carboxylic acids is 1. The highest BCUT2D eigenvalue weighted by Gasteiger charge is 2.13. The smallest absolute Gasteiger partial charge is 0.277 e. The first kappa shape index (κ1) is 13.0. The molecule has 1 amide bonds. The van der Waals surface area contributed by atoms with Gasteiger partial charge in [-0.1, -0.05) is 6.07 Å². The van der Waals surface area contributed by atoms with E-state index in [0.29, 0.717) is 11.5 Å². The van der Waals surface area contributed by atoms with Crippen molar-refractivity contribution in [1.82, 2.24) is 15.2 Å². The molecule has 0 saturated heterocycles. The number of hydrogen-bond acceptors (Lipinski definition) is 4. The molecule has 5 nitrogen and oxygen atoms in total. The lowest BCUT2D eigenvalue weighted by Crippen LogP contribution is -2.13. The number of carbonyl (C=O) groups is 1. The number of halogens is 1. The molecule has 2 N–H and O–H groups in total. The average Bonchev–Trinajstić information content (AvgIpc) is 3.08. The Morgan fingerprint density at radius 2 is 2.20 bits per heavy atom. The number of thiophene rings is 1. The van der Waals surface area contributed by atoms with Gasteiger partial charge in [0.25, 0.3) is 5.91 Å². The fourth-order valence-corrected chi connectivity index (χ4v) is 2.99. The molecule has 20 heavy (non-hydrogen) atoms. The van der Waals surface area contributed by atoms with Gasteiger partial charge in [0.2, 0.25) is 0 Å². The van der Waals surface area contributed by atoms with Gasteiger partial charge in [-0.15, -0.1) is 11.3 Å². The van der Waals surface area contributed by atoms with Crippen molar-refractivity contribution in [3.05, 3.63) is 52.1 Å². The molecule has 0 saturated carbocycles. The molecule has 0 atom stereocenters. The molecule has 0 aliphatic rings. The second-order valence-corrected chi connectivity index (χ2v) is 6.40. The monoisotopic (exact) mass is 348 g/mol. The third kappa shape index (κ3) is 2.78. The molecule has 3 aromatic rings. The average molecular weight is 349 g/mol. The summed E-state index contributed by atoms with van der Waals surface area (Å²) >= 11 is 4.98. The fourth-order valence-electron chi connectivity index (χ4n) is 1.64. The van der Waals surface area contributed by atoms with Crippen molar-refractivity contribution in [2.24, 2.45) is 0 Å². The van der Waals surface area contributed by atoms with Crippen molar-refractivity contribution in [2.45, 2.75) is 0 Å². The van der Waals surface area contributed by atoms with Crippen LogP contribution in [0.4, 0.5) is 5.82 Å². The Labute approximate surface area is 127 Å². The Kier molecular flexibility index (Phi) is 3.62. The number of rotatable bonds is 3. The standard InChI is InChI=1S/C13H9BrN4OS/c14-11-5-4-10(20-11)8-7-9(18-17-8)13(19)16-12-3-1-2-6-15-12/h1-7H,(H,17,18)(H,15,16,19). The fraction of sp³-hybridized carbons (Fsp3) is 0. The van der Waals surface area contributed by atoms with E-state index in [1.54, 1.807) is 35.7 Å². The van der Waals surface area contributed by atoms with Crippen LogP contribution >= 0.6 is 27.3 Å². The van der Waals surface area contributed by atoms with Crippen molar-refractivity contribution in [3.8, 4) is 10.6 Å². The van der Waals surface area contributed by atoms with Crippen LogP contribution in [0.25, 0.3) is 10.6 Å². The number of hydrogen-bond donors (Lipinski definition) is 2. The van der Waals surface area contributed by atoms with Gasteiger partial charge >= 0.3 is 0 Å². The number of amides is 1. The van der Waals surface area contributed by atoms with Crippen LogP contribution in [0, 0.1) is 0 Å².